The number of thioether (sulfide) groups is 1. The molecule has 2 N–H and O–H groups in total. The second-order valence-electron chi connectivity index (χ2n) is 4.66. The first-order chi connectivity index (χ1) is 7.28. The van der Waals surface area contributed by atoms with Crippen LogP contribution in [0.15, 0.2) is 0 Å². The van der Waals surface area contributed by atoms with E-state index in [0.29, 0.717) is 6.04 Å². The molecule has 0 saturated carbocycles. The Morgan fingerprint density at radius 3 is 2.80 bits per heavy atom. The highest BCUT2D eigenvalue weighted by Gasteiger charge is 2.40. The molecule has 0 spiro atoms. The number of nitrogens with zero attached hydrogens (tertiary/aromatic N) is 1. The summed E-state index contributed by atoms with van der Waals surface area (Å²) in [5.41, 5.74) is 6.31. The van der Waals surface area contributed by atoms with E-state index in [4.69, 9.17) is 10.5 Å². The summed E-state index contributed by atoms with van der Waals surface area (Å²) in [5, 5.41) is 0. The molecule has 0 aromatic rings. The summed E-state index contributed by atoms with van der Waals surface area (Å²) >= 11 is 2.06. The van der Waals surface area contributed by atoms with E-state index < -0.39 is 0 Å². The number of rotatable bonds is 2. The van der Waals surface area contributed by atoms with Crippen molar-refractivity contribution in [3.8, 4) is 0 Å². The zero-order valence-electron chi connectivity index (χ0n) is 9.58. The first kappa shape index (κ1) is 11.7. The summed E-state index contributed by atoms with van der Waals surface area (Å²) in [6.07, 6.45) is 2.50. The molecule has 15 heavy (non-hydrogen) atoms. The fraction of sp³-hybridized carbons (Fsp3) is 1.00. The van der Waals surface area contributed by atoms with Gasteiger partial charge in [-0.1, -0.05) is 0 Å². The number of nitrogens with two attached hydrogens (primary N) is 1. The maximum atomic E-state index is 6.04. The van der Waals surface area contributed by atoms with Crippen molar-refractivity contribution in [3.05, 3.63) is 0 Å². The molecule has 2 heterocycles. The third kappa shape index (κ3) is 2.33. The normalized spacial score (nSPS) is 32.8. The first-order valence-electron chi connectivity index (χ1n) is 5.91. The van der Waals surface area contributed by atoms with Crippen molar-refractivity contribution in [1.29, 1.82) is 0 Å². The van der Waals surface area contributed by atoms with E-state index in [2.05, 4.69) is 23.6 Å². The van der Waals surface area contributed by atoms with Crippen molar-refractivity contribution in [2.75, 3.05) is 37.8 Å². The first-order valence-corrected chi connectivity index (χ1v) is 7.06. The monoisotopic (exact) mass is 230 g/mol. The van der Waals surface area contributed by atoms with Crippen molar-refractivity contribution in [3.63, 3.8) is 0 Å². The summed E-state index contributed by atoms with van der Waals surface area (Å²) in [4.78, 5) is 2.61. The molecule has 3 nitrogen and oxygen atoms in total. The largest absolute Gasteiger partial charge is 0.379 e. The van der Waals surface area contributed by atoms with Crippen LogP contribution in [-0.4, -0.2) is 54.3 Å². The summed E-state index contributed by atoms with van der Waals surface area (Å²) in [6.45, 7) is 5.87. The van der Waals surface area contributed by atoms with Crippen molar-refractivity contribution in [1.82, 2.24) is 4.90 Å². The van der Waals surface area contributed by atoms with Crippen LogP contribution in [0.2, 0.25) is 0 Å². The molecule has 0 aromatic heterocycles. The standard InChI is InChI=1S/C11H22N2OS/c1-10-8-14-5-4-13(10)11(9-12)2-6-15-7-3-11/h10H,2-9,12H2,1H3. The Hall–Kier alpha value is 0.230. The minimum atomic E-state index is 0.272. The maximum Gasteiger partial charge on any atom is 0.0620 e. The Morgan fingerprint density at radius 2 is 2.20 bits per heavy atom. The van der Waals surface area contributed by atoms with Gasteiger partial charge in [0.2, 0.25) is 0 Å². The molecule has 1 unspecified atom stereocenters. The summed E-state index contributed by atoms with van der Waals surface area (Å²) in [7, 11) is 0. The summed E-state index contributed by atoms with van der Waals surface area (Å²) in [6, 6.07) is 0.533. The lowest BCUT2D eigenvalue weighted by Crippen LogP contribution is -2.62. The van der Waals surface area contributed by atoms with Crippen LogP contribution in [0, 0.1) is 0 Å². The van der Waals surface area contributed by atoms with Gasteiger partial charge in [0.05, 0.1) is 13.2 Å². The molecule has 2 aliphatic heterocycles. The lowest BCUT2D eigenvalue weighted by Gasteiger charge is -2.50. The number of morpholine rings is 1. The molecular weight excluding hydrogens is 208 g/mol. The highest BCUT2D eigenvalue weighted by molar-refractivity contribution is 7.99. The van der Waals surface area contributed by atoms with Gasteiger partial charge < -0.3 is 10.5 Å². The minimum Gasteiger partial charge on any atom is -0.379 e. The quantitative estimate of drug-likeness (QED) is 0.766. The van der Waals surface area contributed by atoms with Crippen LogP contribution in [0.5, 0.6) is 0 Å². The number of hydrogen-bond donors (Lipinski definition) is 1. The van der Waals surface area contributed by atoms with Gasteiger partial charge in [-0.05, 0) is 31.3 Å². The van der Waals surface area contributed by atoms with E-state index in [0.717, 1.165) is 26.3 Å². The zero-order chi connectivity index (χ0) is 10.7. The minimum absolute atomic E-state index is 0.272. The van der Waals surface area contributed by atoms with Gasteiger partial charge >= 0.3 is 0 Å². The van der Waals surface area contributed by atoms with E-state index >= 15 is 0 Å². The predicted molar refractivity (Wildman–Crippen MR) is 65.3 cm³/mol. The second kappa shape index (κ2) is 5.04. The Labute approximate surface area is 96.7 Å². The highest BCUT2D eigenvalue weighted by Crippen LogP contribution is 2.33. The lowest BCUT2D eigenvalue weighted by molar-refractivity contribution is -0.0594. The summed E-state index contributed by atoms with van der Waals surface area (Å²) in [5.74, 6) is 2.53. The molecule has 0 aromatic carbocycles. The average molecular weight is 230 g/mol. The van der Waals surface area contributed by atoms with Crippen LogP contribution >= 0.6 is 11.8 Å². The fourth-order valence-electron chi connectivity index (χ4n) is 2.79. The van der Waals surface area contributed by atoms with Crippen LogP contribution in [0.3, 0.4) is 0 Å². The molecule has 2 fully saturated rings. The van der Waals surface area contributed by atoms with Crippen molar-refractivity contribution < 1.29 is 4.74 Å². The molecule has 0 radical (unpaired) electrons. The van der Waals surface area contributed by atoms with Crippen molar-refractivity contribution >= 4 is 11.8 Å². The van der Waals surface area contributed by atoms with Crippen LogP contribution in [-0.2, 0) is 4.74 Å². The maximum absolute atomic E-state index is 6.04. The van der Waals surface area contributed by atoms with Gasteiger partial charge in [0.1, 0.15) is 0 Å². The fourth-order valence-corrected chi connectivity index (χ4v) is 4.04. The van der Waals surface area contributed by atoms with Crippen molar-refractivity contribution in [2.24, 2.45) is 5.73 Å². The van der Waals surface area contributed by atoms with Gasteiger partial charge in [0.15, 0.2) is 0 Å². The SMILES string of the molecule is CC1COCCN1C1(CN)CCSCC1. The molecule has 0 amide bonds. The molecule has 2 rings (SSSR count). The number of hydrogen-bond acceptors (Lipinski definition) is 4. The third-order valence-corrected chi connectivity index (χ3v) is 4.77. The van der Waals surface area contributed by atoms with Gasteiger partial charge in [-0.3, -0.25) is 4.90 Å². The average Bonchev–Trinajstić information content (AvgIpc) is 2.30. The van der Waals surface area contributed by atoms with Crippen LogP contribution < -0.4 is 5.73 Å². The molecule has 0 bridgehead atoms. The molecule has 2 aliphatic rings. The van der Waals surface area contributed by atoms with Gasteiger partial charge in [0.25, 0.3) is 0 Å². The van der Waals surface area contributed by atoms with E-state index in [-0.39, 0.29) is 5.54 Å². The third-order valence-electron chi connectivity index (χ3n) is 3.78. The van der Waals surface area contributed by atoms with E-state index in [1.54, 1.807) is 0 Å². The summed E-state index contributed by atoms with van der Waals surface area (Å²) < 4.78 is 5.50. The van der Waals surface area contributed by atoms with E-state index in [1.807, 2.05) is 0 Å². The van der Waals surface area contributed by atoms with Crippen LogP contribution in [0.25, 0.3) is 0 Å². The Kier molecular flexibility index (Phi) is 3.93. The smallest absolute Gasteiger partial charge is 0.0620 e. The van der Waals surface area contributed by atoms with E-state index in [9.17, 15) is 0 Å². The predicted octanol–water partition coefficient (Wildman–Crippen LogP) is 0.932. The van der Waals surface area contributed by atoms with Crippen LogP contribution in [0.1, 0.15) is 19.8 Å². The number of ether oxygens (including phenoxy) is 1. The lowest BCUT2D eigenvalue weighted by atomic mass is 9.88. The highest BCUT2D eigenvalue weighted by atomic mass is 32.2. The van der Waals surface area contributed by atoms with Gasteiger partial charge in [-0.2, -0.15) is 11.8 Å². The van der Waals surface area contributed by atoms with Gasteiger partial charge in [0, 0.05) is 24.7 Å². The zero-order valence-corrected chi connectivity index (χ0v) is 10.4. The molecule has 1 atom stereocenters. The van der Waals surface area contributed by atoms with Crippen molar-refractivity contribution in [2.45, 2.75) is 31.3 Å². The Morgan fingerprint density at radius 1 is 1.47 bits per heavy atom. The molecule has 88 valence electrons. The molecule has 2 saturated heterocycles. The van der Waals surface area contributed by atoms with Gasteiger partial charge in [-0.25, -0.2) is 0 Å². The van der Waals surface area contributed by atoms with E-state index in [1.165, 1.54) is 24.3 Å². The Bertz CT molecular complexity index is 207. The van der Waals surface area contributed by atoms with Gasteiger partial charge in [-0.15, -0.1) is 0 Å². The molecule has 4 heteroatoms. The van der Waals surface area contributed by atoms with Crippen LogP contribution in [0.4, 0.5) is 0 Å². The Balaban J connectivity index is 2.08. The second-order valence-corrected chi connectivity index (χ2v) is 5.88. The topological polar surface area (TPSA) is 38.5 Å². The molecule has 0 aliphatic carbocycles. The molecular formula is C11H22N2OS.